The van der Waals surface area contributed by atoms with Gasteiger partial charge in [-0.2, -0.15) is 0 Å². The monoisotopic (exact) mass is 349 g/mol. The van der Waals surface area contributed by atoms with Crippen LogP contribution in [-0.2, 0) is 5.88 Å². The number of anilines is 1. The first-order valence-electron chi connectivity index (χ1n) is 7.67. The number of pyridine rings is 1. The Kier molecular flexibility index (Phi) is 3.54. The molecule has 3 heterocycles. The molecule has 2 aliphatic rings. The maximum Gasteiger partial charge on any atom is 0.342 e. The smallest absolute Gasteiger partial charge is 0.342 e. The van der Waals surface area contributed by atoms with Crippen LogP contribution in [0.15, 0.2) is 22.0 Å². The first-order chi connectivity index (χ1) is 11.5. The summed E-state index contributed by atoms with van der Waals surface area (Å²) < 4.78 is 16.4. The summed E-state index contributed by atoms with van der Waals surface area (Å²) in [5, 5.41) is 9.87. The number of fused-ring (bicyclic) bond motifs is 3. The third-order valence-electron chi connectivity index (χ3n) is 4.67. The Morgan fingerprint density at radius 1 is 1.25 bits per heavy atom. The van der Waals surface area contributed by atoms with Crippen molar-refractivity contribution in [2.75, 3.05) is 38.1 Å². The first kappa shape index (κ1) is 15.5. The van der Waals surface area contributed by atoms with Gasteiger partial charge in [0.1, 0.15) is 11.4 Å². The highest BCUT2D eigenvalue weighted by molar-refractivity contribution is 7.99. The largest absolute Gasteiger partial charge is 0.477 e. The van der Waals surface area contributed by atoms with Crippen molar-refractivity contribution in [3.05, 3.63) is 33.7 Å². The van der Waals surface area contributed by atoms with E-state index < -0.39 is 17.2 Å². The Hall–Kier alpha value is -2.06. The van der Waals surface area contributed by atoms with E-state index >= 15 is 0 Å². The summed E-state index contributed by atoms with van der Waals surface area (Å²) >= 11 is 1.33. The van der Waals surface area contributed by atoms with Gasteiger partial charge in [0.25, 0.3) is 0 Å². The minimum atomic E-state index is -1.26. The number of thioether (sulfide) groups is 1. The summed E-state index contributed by atoms with van der Waals surface area (Å²) in [6.07, 6.45) is 0. The van der Waals surface area contributed by atoms with Crippen LogP contribution in [0.4, 0.5) is 10.1 Å². The second-order valence-corrected chi connectivity index (χ2v) is 7.06. The number of likely N-dealkylation sites (N-methyl/N-ethyl adjacent to an activating group) is 1. The van der Waals surface area contributed by atoms with Crippen LogP contribution < -0.4 is 10.3 Å². The maximum absolute atomic E-state index is 14.6. The van der Waals surface area contributed by atoms with Gasteiger partial charge in [0, 0.05) is 31.6 Å². The molecule has 2 aromatic rings. The van der Waals surface area contributed by atoms with Gasteiger partial charge in [-0.05, 0) is 19.2 Å². The molecule has 4 rings (SSSR count). The van der Waals surface area contributed by atoms with E-state index in [9.17, 15) is 19.1 Å². The number of hydrogen-bond donors (Lipinski definition) is 1. The highest BCUT2D eigenvalue weighted by Crippen LogP contribution is 2.38. The number of carboxylic acid groups (broad SMARTS) is 1. The summed E-state index contributed by atoms with van der Waals surface area (Å²) in [6.45, 7) is 3.14. The molecule has 0 radical (unpaired) electrons. The number of nitrogens with zero attached hydrogens (tertiary/aromatic N) is 3. The van der Waals surface area contributed by atoms with E-state index in [0.717, 1.165) is 26.2 Å². The quantitative estimate of drug-likeness (QED) is 0.889. The molecule has 0 aliphatic carbocycles. The molecular formula is C16H16FN3O3S. The van der Waals surface area contributed by atoms with E-state index in [-0.39, 0.29) is 10.9 Å². The van der Waals surface area contributed by atoms with Crippen molar-refractivity contribution in [1.82, 2.24) is 9.47 Å². The lowest BCUT2D eigenvalue weighted by Gasteiger charge is -2.34. The number of aromatic nitrogens is 1. The second kappa shape index (κ2) is 5.49. The molecule has 0 unspecified atom stereocenters. The molecule has 0 amide bonds. The fourth-order valence-electron chi connectivity index (χ4n) is 3.25. The van der Waals surface area contributed by atoms with Crippen molar-refractivity contribution in [2.45, 2.75) is 10.9 Å². The van der Waals surface area contributed by atoms with Crippen molar-refractivity contribution in [3.8, 4) is 0 Å². The highest BCUT2D eigenvalue weighted by atomic mass is 32.2. The van der Waals surface area contributed by atoms with Crippen LogP contribution in [0.5, 0.6) is 0 Å². The van der Waals surface area contributed by atoms with Crippen molar-refractivity contribution in [3.63, 3.8) is 0 Å². The van der Waals surface area contributed by atoms with Crippen molar-refractivity contribution < 1.29 is 14.3 Å². The Balaban J connectivity index is 1.90. The van der Waals surface area contributed by atoms with Gasteiger partial charge in [0.2, 0.25) is 5.43 Å². The number of carboxylic acids is 1. The molecule has 1 saturated heterocycles. The average molecular weight is 349 g/mol. The Labute approximate surface area is 141 Å². The SMILES string of the molecule is CN1CCN(c2cc3c(cc2F)c(=O)c(C(=O)O)c2n3CS2)CC1. The lowest BCUT2D eigenvalue weighted by Crippen LogP contribution is -2.44. The van der Waals surface area contributed by atoms with Gasteiger partial charge in [0.15, 0.2) is 0 Å². The molecule has 1 aromatic heterocycles. The molecule has 6 nitrogen and oxygen atoms in total. The number of carbonyl (C=O) groups is 1. The van der Waals surface area contributed by atoms with E-state index in [1.54, 1.807) is 10.6 Å². The lowest BCUT2D eigenvalue weighted by atomic mass is 10.1. The van der Waals surface area contributed by atoms with Crippen LogP contribution in [-0.4, -0.2) is 53.8 Å². The van der Waals surface area contributed by atoms with Gasteiger partial charge in [-0.15, -0.1) is 0 Å². The number of hydrogen-bond acceptors (Lipinski definition) is 5. The van der Waals surface area contributed by atoms with Crippen LogP contribution >= 0.6 is 11.8 Å². The molecule has 126 valence electrons. The minimum absolute atomic E-state index is 0.131. The molecule has 1 N–H and O–H groups in total. The predicted octanol–water partition coefficient (Wildman–Crippen LogP) is 1.65. The van der Waals surface area contributed by atoms with Crippen LogP contribution in [0, 0.1) is 5.82 Å². The predicted molar refractivity (Wildman–Crippen MR) is 90.7 cm³/mol. The standard InChI is InChI=1S/C16H16FN3O3S/c1-18-2-4-19(5-3-18)12-7-11-9(6-10(12)17)14(21)13(16(22)23)15-20(11)8-24-15/h6-7H,2-5,8H2,1H3,(H,22,23). The topological polar surface area (TPSA) is 65.8 Å². The normalized spacial score (nSPS) is 17.7. The van der Waals surface area contributed by atoms with Crippen molar-refractivity contribution in [1.29, 1.82) is 0 Å². The Morgan fingerprint density at radius 3 is 2.54 bits per heavy atom. The van der Waals surface area contributed by atoms with Crippen LogP contribution in [0.25, 0.3) is 10.9 Å². The zero-order chi connectivity index (χ0) is 17.0. The van der Waals surface area contributed by atoms with E-state index in [1.165, 1.54) is 17.8 Å². The molecule has 1 fully saturated rings. The Morgan fingerprint density at radius 2 is 1.96 bits per heavy atom. The molecule has 0 bridgehead atoms. The molecule has 1 aromatic carbocycles. The summed E-state index contributed by atoms with van der Waals surface area (Å²) in [4.78, 5) is 28.0. The van der Waals surface area contributed by atoms with Gasteiger partial charge in [-0.25, -0.2) is 9.18 Å². The fraction of sp³-hybridized carbons (Fsp3) is 0.375. The third kappa shape index (κ3) is 2.21. The van der Waals surface area contributed by atoms with E-state index in [2.05, 4.69) is 4.90 Å². The fourth-order valence-corrected chi connectivity index (χ4v) is 4.19. The molecule has 0 atom stereocenters. The molecule has 24 heavy (non-hydrogen) atoms. The van der Waals surface area contributed by atoms with Crippen molar-refractivity contribution >= 4 is 34.3 Å². The lowest BCUT2D eigenvalue weighted by molar-refractivity contribution is 0.0689. The molecule has 0 spiro atoms. The first-order valence-corrected chi connectivity index (χ1v) is 8.65. The molecule has 8 heteroatoms. The second-order valence-electron chi connectivity index (χ2n) is 6.13. The highest BCUT2D eigenvalue weighted by Gasteiger charge is 2.29. The number of benzene rings is 1. The summed E-state index contributed by atoms with van der Waals surface area (Å²) in [7, 11) is 2.03. The average Bonchev–Trinajstić information content (AvgIpc) is 2.51. The van der Waals surface area contributed by atoms with Gasteiger partial charge in [-0.1, -0.05) is 11.8 Å². The number of rotatable bonds is 2. The molecule has 0 saturated carbocycles. The third-order valence-corrected chi connectivity index (χ3v) is 5.76. The van der Waals surface area contributed by atoms with Gasteiger partial charge in [0.05, 0.1) is 22.1 Å². The van der Waals surface area contributed by atoms with E-state index in [1.807, 2.05) is 11.9 Å². The van der Waals surface area contributed by atoms with E-state index in [4.69, 9.17) is 0 Å². The van der Waals surface area contributed by atoms with Gasteiger partial charge in [-0.3, -0.25) is 4.79 Å². The number of aromatic carboxylic acids is 1. The number of piperazine rings is 1. The Bertz CT molecular complexity index is 919. The summed E-state index contributed by atoms with van der Waals surface area (Å²) in [5.41, 5.74) is 0.212. The van der Waals surface area contributed by atoms with Gasteiger partial charge < -0.3 is 19.5 Å². The van der Waals surface area contributed by atoms with Gasteiger partial charge >= 0.3 is 5.97 Å². The van der Waals surface area contributed by atoms with Crippen molar-refractivity contribution in [2.24, 2.45) is 0 Å². The zero-order valence-electron chi connectivity index (χ0n) is 13.1. The van der Waals surface area contributed by atoms with Crippen LogP contribution in [0.1, 0.15) is 10.4 Å². The minimum Gasteiger partial charge on any atom is -0.477 e. The maximum atomic E-state index is 14.6. The zero-order valence-corrected chi connectivity index (χ0v) is 13.9. The number of halogens is 1. The molecule has 2 aliphatic heterocycles. The molecular weight excluding hydrogens is 333 g/mol. The summed E-state index contributed by atoms with van der Waals surface area (Å²) in [5.74, 6) is -1.17. The summed E-state index contributed by atoms with van der Waals surface area (Å²) in [6, 6.07) is 2.88. The van der Waals surface area contributed by atoms with Crippen LogP contribution in [0.2, 0.25) is 0 Å². The van der Waals surface area contributed by atoms with E-state index in [0.29, 0.717) is 22.1 Å². The van der Waals surface area contributed by atoms with Crippen LogP contribution in [0.3, 0.4) is 0 Å².